The number of piperazine rings is 1. The molecular weight excluding hydrogens is 278 g/mol. The summed E-state index contributed by atoms with van der Waals surface area (Å²) in [6, 6.07) is 1.95. The summed E-state index contributed by atoms with van der Waals surface area (Å²) in [6.45, 7) is 7.51. The van der Waals surface area contributed by atoms with E-state index in [1.807, 2.05) is 19.9 Å². The number of fused-ring (bicyclic) bond motifs is 1. The van der Waals surface area contributed by atoms with Gasteiger partial charge in [-0.1, -0.05) is 0 Å². The Bertz CT molecular complexity index is 785. The number of hydrogen-bond donors (Lipinski definition) is 2. The summed E-state index contributed by atoms with van der Waals surface area (Å²) in [7, 11) is 2.10. The SMILES string of the molecule is Cc1cc2c(nc1C)nc(N1CCN(C)CC1)c(=N)n2C=N. The Labute approximate surface area is 129 Å². The Hall–Kier alpha value is -2.28. The molecule has 0 bridgehead atoms. The molecule has 1 fully saturated rings. The maximum absolute atomic E-state index is 8.41. The van der Waals surface area contributed by atoms with Gasteiger partial charge in [0.1, 0.15) is 0 Å². The van der Waals surface area contributed by atoms with E-state index in [2.05, 4.69) is 26.8 Å². The first-order chi connectivity index (χ1) is 10.5. The van der Waals surface area contributed by atoms with Crippen molar-refractivity contribution in [2.45, 2.75) is 13.8 Å². The molecule has 2 N–H and O–H groups in total. The van der Waals surface area contributed by atoms with Gasteiger partial charge in [0, 0.05) is 31.9 Å². The fourth-order valence-corrected chi connectivity index (χ4v) is 2.69. The van der Waals surface area contributed by atoms with Gasteiger partial charge in [-0.05, 0) is 32.5 Å². The Morgan fingerprint density at radius 3 is 2.45 bits per heavy atom. The van der Waals surface area contributed by atoms with Crippen molar-refractivity contribution < 1.29 is 0 Å². The molecule has 3 heterocycles. The van der Waals surface area contributed by atoms with Gasteiger partial charge in [-0.25, -0.2) is 9.97 Å². The summed E-state index contributed by atoms with van der Waals surface area (Å²) in [6.07, 6.45) is 1.17. The lowest BCUT2D eigenvalue weighted by molar-refractivity contribution is 0.311. The number of pyridine rings is 1. The van der Waals surface area contributed by atoms with Gasteiger partial charge < -0.3 is 9.80 Å². The molecule has 1 saturated heterocycles. The fraction of sp³-hybridized carbons (Fsp3) is 0.467. The third-order valence-electron chi connectivity index (χ3n) is 4.28. The van der Waals surface area contributed by atoms with Crippen LogP contribution in [0.15, 0.2) is 6.07 Å². The number of likely N-dealkylation sites (N-methyl/N-ethyl adjacent to an activating group) is 1. The molecule has 1 aliphatic rings. The van der Waals surface area contributed by atoms with E-state index in [9.17, 15) is 0 Å². The largest absolute Gasteiger partial charge is 0.351 e. The third-order valence-corrected chi connectivity index (χ3v) is 4.28. The first-order valence-corrected chi connectivity index (χ1v) is 7.40. The minimum atomic E-state index is 0.247. The van der Waals surface area contributed by atoms with Gasteiger partial charge in [0.05, 0.1) is 11.9 Å². The first-order valence-electron chi connectivity index (χ1n) is 7.40. The lowest BCUT2D eigenvalue weighted by Gasteiger charge is -2.33. The van der Waals surface area contributed by atoms with Crippen molar-refractivity contribution in [3.8, 4) is 0 Å². The highest BCUT2D eigenvalue weighted by molar-refractivity contribution is 5.80. The maximum atomic E-state index is 8.41. The number of rotatable bonds is 2. The highest BCUT2D eigenvalue weighted by Gasteiger charge is 2.19. The molecule has 116 valence electrons. The van der Waals surface area contributed by atoms with Gasteiger partial charge in [-0.3, -0.25) is 15.4 Å². The van der Waals surface area contributed by atoms with Crippen molar-refractivity contribution in [2.75, 3.05) is 38.1 Å². The van der Waals surface area contributed by atoms with Gasteiger partial charge in [-0.2, -0.15) is 0 Å². The van der Waals surface area contributed by atoms with E-state index in [0.717, 1.165) is 37.4 Å². The second-order valence-electron chi connectivity index (χ2n) is 5.81. The molecule has 2 aromatic heterocycles. The predicted octanol–water partition coefficient (Wildman–Crippen LogP) is 0.735. The summed E-state index contributed by atoms with van der Waals surface area (Å²) in [5, 5.41) is 16.1. The van der Waals surface area contributed by atoms with Crippen LogP contribution in [0.4, 0.5) is 5.82 Å². The van der Waals surface area contributed by atoms with Crippen LogP contribution in [0.5, 0.6) is 0 Å². The van der Waals surface area contributed by atoms with E-state index in [1.54, 1.807) is 4.57 Å². The number of nitrogens with one attached hydrogen (secondary N) is 2. The Morgan fingerprint density at radius 1 is 1.14 bits per heavy atom. The molecule has 0 atom stereocenters. The van der Waals surface area contributed by atoms with Crippen LogP contribution in [-0.4, -0.2) is 59.0 Å². The van der Waals surface area contributed by atoms with E-state index >= 15 is 0 Å². The quantitative estimate of drug-likeness (QED) is 0.632. The van der Waals surface area contributed by atoms with Crippen LogP contribution in [0.25, 0.3) is 11.2 Å². The summed E-state index contributed by atoms with van der Waals surface area (Å²) >= 11 is 0. The summed E-state index contributed by atoms with van der Waals surface area (Å²) < 4.78 is 1.55. The number of hydrogen-bond acceptors (Lipinski definition) is 6. The Morgan fingerprint density at radius 2 is 1.82 bits per heavy atom. The van der Waals surface area contributed by atoms with Crippen molar-refractivity contribution in [1.82, 2.24) is 19.4 Å². The summed E-state index contributed by atoms with van der Waals surface area (Å²) in [5.74, 6) is 0.611. The van der Waals surface area contributed by atoms with Crippen molar-refractivity contribution in [3.63, 3.8) is 0 Å². The monoisotopic (exact) mass is 299 g/mol. The van der Waals surface area contributed by atoms with Crippen molar-refractivity contribution in [1.29, 1.82) is 10.8 Å². The Balaban J connectivity index is 2.19. The molecule has 2 aromatic rings. The van der Waals surface area contributed by atoms with Crippen molar-refractivity contribution in [2.24, 2.45) is 0 Å². The molecule has 7 nitrogen and oxygen atoms in total. The van der Waals surface area contributed by atoms with Crippen LogP contribution in [-0.2, 0) is 0 Å². The molecular formula is C15H21N7. The topological polar surface area (TPSA) is 84.9 Å². The van der Waals surface area contributed by atoms with E-state index in [1.165, 1.54) is 6.34 Å². The lowest BCUT2D eigenvalue weighted by atomic mass is 10.2. The van der Waals surface area contributed by atoms with Gasteiger partial charge in [0.25, 0.3) is 0 Å². The molecule has 7 heteroatoms. The van der Waals surface area contributed by atoms with E-state index < -0.39 is 0 Å². The van der Waals surface area contributed by atoms with Crippen LogP contribution in [0, 0.1) is 24.7 Å². The number of aryl methyl sites for hydroxylation is 2. The summed E-state index contributed by atoms with van der Waals surface area (Å²) in [4.78, 5) is 13.5. The average molecular weight is 299 g/mol. The number of anilines is 1. The molecule has 0 radical (unpaired) electrons. The average Bonchev–Trinajstić information content (AvgIpc) is 2.50. The molecule has 0 amide bonds. The van der Waals surface area contributed by atoms with Gasteiger partial charge >= 0.3 is 0 Å². The molecule has 3 rings (SSSR count). The van der Waals surface area contributed by atoms with Crippen LogP contribution in [0.2, 0.25) is 0 Å². The second kappa shape index (κ2) is 5.49. The minimum Gasteiger partial charge on any atom is -0.351 e. The summed E-state index contributed by atoms with van der Waals surface area (Å²) in [5.41, 5.74) is 3.52. The van der Waals surface area contributed by atoms with Gasteiger partial charge in [0.15, 0.2) is 17.0 Å². The van der Waals surface area contributed by atoms with Crippen LogP contribution in [0.3, 0.4) is 0 Å². The van der Waals surface area contributed by atoms with E-state index in [-0.39, 0.29) is 5.49 Å². The molecule has 0 saturated carbocycles. The first kappa shape index (κ1) is 14.6. The minimum absolute atomic E-state index is 0.247. The Kier molecular flexibility index (Phi) is 3.66. The van der Waals surface area contributed by atoms with Gasteiger partial charge in [-0.15, -0.1) is 0 Å². The second-order valence-corrected chi connectivity index (χ2v) is 5.81. The standard InChI is InChI=1S/C15H21N7/c1-10-8-12-14(18-11(10)2)19-15(13(17)22(12)9-16)21-6-4-20(3)5-7-21/h8-9,16-17H,4-7H2,1-3H3. The zero-order chi connectivity index (χ0) is 15.9. The van der Waals surface area contributed by atoms with Crippen molar-refractivity contribution in [3.05, 3.63) is 22.8 Å². The third kappa shape index (κ3) is 2.37. The molecule has 0 unspecified atom stereocenters. The smallest absolute Gasteiger partial charge is 0.179 e. The lowest BCUT2D eigenvalue weighted by Crippen LogP contribution is -2.47. The van der Waals surface area contributed by atoms with Crippen LogP contribution < -0.4 is 10.4 Å². The highest BCUT2D eigenvalue weighted by atomic mass is 15.3. The van der Waals surface area contributed by atoms with E-state index in [4.69, 9.17) is 10.8 Å². The molecule has 1 aliphatic heterocycles. The van der Waals surface area contributed by atoms with E-state index in [0.29, 0.717) is 17.0 Å². The molecule has 0 spiro atoms. The molecule has 22 heavy (non-hydrogen) atoms. The van der Waals surface area contributed by atoms with Gasteiger partial charge in [0.2, 0.25) is 0 Å². The normalized spacial score (nSPS) is 16.2. The predicted molar refractivity (Wildman–Crippen MR) is 86.7 cm³/mol. The molecule has 0 aromatic carbocycles. The zero-order valence-electron chi connectivity index (χ0n) is 13.2. The number of aromatic nitrogens is 3. The highest BCUT2D eigenvalue weighted by Crippen LogP contribution is 2.16. The molecule has 0 aliphatic carbocycles. The fourth-order valence-electron chi connectivity index (χ4n) is 2.69. The van der Waals surface area contributed by atoms with Crippen LogP contribution in [0.1, 0.15) is 11.3 Å². The number of nitrogens with zero attached hydrogens (tertiary/aromatic N) is 5. The van der Waals surface area contributed by atoms with Crippen LogP contribution >= 0.6 is 0 Å². The van der Waals surface area contributed by atoms with Crippen molar-refractivity contribution >= 4 is 23.3 Å². The maximum Gasteiger partial charge on any atom is 0.179 e. The zero-order valence-corrected chi connectivity index (χ0v) is 13.2.